The zero-order valence-corrected chi connectivity index (χ0v) is 13.9. The lowest BCUT2D eigenvalue weighted by Gasteiger charge is -2.32. The molecule has 4 rings (SSSR count). The van der Waals surface area contributed by atoms with E-state index >= 15 is 0 Å². The summed E-state index contributed by atoms with van der Waals surface area (Å²) in [6.07, 6.45) is 0.374. The molecule has 0 aliphatic carbocycles. The first-order valence-corrected chi connectivity index (χ1v) is 8.42. The molecule has 3 aromatic rings. The van der Waals surface area contributed by atoms with Crippen LogP contribution in [0.2, 0.25) is 0 Å². The van der Waals surface area contributed by atoms with Crippen LogP contribution in [-0.2, 0) is 0 Å². The van der Waals surface area contributed by atoms with E-state index in [1.165, 1.54) is 12.1 Å². The van der Waals surface area contributed by atoms with Crippen LogP contribution >= 0.6 is 0 Å². The maximum absolute atomic E-state index is 10.8. The molecule has 0 saturated carbocycles. The van der Waals surface area contributed by atoms with E-state index in [0.29, 0.717) is 12.2 Å². The summed E-state index contributed by atoms with van der Waals surface area (Å²) in [7, 11) is 0. The zero-order chi connectivity index (χ0) is 17.9. The Morgan fingerprint density at radius 2 is 1.62 bits per heavy atom. The minimum absolute atomic E-state index is 0.0480. The Bertz CT molecular complexity index is 909. The SMILES string of the molecule is O=[N+]([O-])c1ccc(O[C@@H]2C[C@H](c3ccccc3)Oc3ccccc32)cc1. The van der Waals surface area contributed by atoms with Gasteiger partial charge in [-0.1, -0.05) is 48.5 Å². The van der Waals surface area contributed by atoms with Crippen LogP contribution in [0.5, 0.6) is 11.5 Å². The third kappa shape index (κ3) is 3.24. The van der Waals surface area contributed by atoms with E-state index in [4.69, 9.17) is 9.47 Å². The number of ether oxygens (including phenoxy) is 2. The zero-order valence-electron chi connectivity index (χ0n) is 13.9. The third-order valence-corrected chi connectivity index (χ3v) is 4.46. The van der Waals surface area contributed by atoms with Crippen LogP contribution in [0.4, 0.5) is 5.69 Å². The number of hydrogen-bond acceptors (Lipinski definition) is 4. The van der Waals surface area contributed by atoms with E-state index in [-0.39, 0.29) is 17.9 Å². The average Bonchev–Trinajstić information content (AvgIpc) is 2.69. The molecular formula is C21H17NO4. The van der Waals surface area contributed by atoms with Crippen molar-refractivity contribution in [1.29, 1.82) is 0 Å². The van der Waals surface area contributed by atoms with Crippen LogP contribution < -0.4 is 9.47 Å². The van der Waals surface area contributed by atoms with Crippen molar-refractivity contribution in [2.24, 2.45) is 0 Å². The lowest BCUT2D eigenvalue weighted by Crippen LogP contribution is -2.22. The molecule has 1 heterocycles. The van der Waals surface area contributed by atoms with Crippen molar-refractivity contribution in [2.45, 2.75) is 18.6 Å². The molecule has 3 aromatic carbocycles. The van der Waals surface area contributed by atoms with Gasteiger partial charge in [-0.2, -0.15) is 0 Å². The van der Waals surface area contributed by atoms with Crippen molar-refractivity contribution in [3.63, 3.8) is 0 Å². The average molecular weight is 347 g/mol. The van der Waals surface area contributed by atoms with E-state index in [1.54, 1.807) is 12.1 Å². The molecule has 0 fully saturated rings. The summed E-state index contributed by atoms with van der Waals surface area (Å²) >= 11 is 0. The highest BCUT2D eigenvalue weighted by Crippen LogP contribution is 2.42. The van der Waals surface area contributed by atoms with Crippen LogP contribution in [0.3, 0.4) is 0 Å². The standard InChI is InChI=1S/C21H17NO4/c23-22(24)16-10-12-17(13-11-16)25-21-14-20(15-6-2-1-3-7-15)26-19-9-5-4-8-18(19)21/h1-13,20-21H,14H2/t20-,21-/m1/s1. The Hall–Kier alpha value is -3.34. The smallest absolute Gasteiger partial charge is 0.269 e. The van der Waals surface area contributed by atoms with Crippen molar-refractivity contribution in [2.75, 3.05) is 0 Å². The molecule has 0 aromatic heterocycles. The maximum Gasteiger partial charge on any atom is 0.269 e. The fourth-order valence-electron chi connectivity index (χ4n) is 3.17. The Labute approximate surface area is 151 Å². The van der Waals surface area contributed by atoms with E-state index in [1.807, 2.05) is 54.6 Å². The molecule has 0 amide bonds. The number of benzene rings is 3. The second kappa shape index (κ2) is 6.88. The number of rotatable bonds is 4. The van der Waals surface area contributed by atoms with Crippen molar-refractivity contribution in [3.05, 3.63) is 100 Å². The Morgan fingerprint density at radius 3 is 2.35 bits per heavy atom. The van der Waals surface area contributed by atoms with Gasteiger partial charge in [-0.3, -0.25) is 10.1 Å². The van der Waals surface area contributed by atoms with E-state index in [2.05, 4.69) is 0 Å². The largest absolute Gasteiger partial charge is 0.485 e. The summed E-state index contributed by atoms with van der Waals surface area (Å²) < 4.78 is 12.3. The normalized spacial score (nSPS) is 18.5. The van der Waals surface area contributed by atoms with Crippen molar-refractivity contribution < 1.29 is 14.4 Å². The van der Waals surface area contributed by atoms with Gasteiger partial charge in [0.05, 0.1) is 4.92 Å². The highest BCUT2D eigenvalue weighted by atomic mass is 16.6. The Morgan fingerprint density at radius 1 is 0.923 bits per heavy atom. The summed E-state index contributed by atoms with van der Waals surface area (Å²) in [4.78, 5) is 10.4. The number of hydrogen-bond donors (Lipinski definition) is 0. The first-order valence-electron chi connectivity index (χ1n) is 8.42. The van der Waals surface area contributed by atoms with Gasteiger partial charge in [0, 0.05) is 24.1 Å². The number of fused-ring (bicyclic) bond motifs is 1. The number of nitrogens with zero attached hydrogens (tertiary/aromatic N) is 1. The molecule has 130 valence electrons. The molecule has 0 spiro atoms. The van der Waals surface area contributed by atoms with E-state index in [0.717, 1.165) is 16.9 Å². The monoisotopic (exact) mass is 347 g/mol. The number of nitro benzene ring substituents is 1. The fraction of sp³-hybridized carbons (Fsp3) is 0.143. The molecule has 5 nitrogen and oxygen atoms in total. The van der Waals surface area contributed by atoms with Crippen molar-refractivity contribution in [1.82, 2.24) is 0 Å². The molecule has 0 N–H and O–H groups in total. The summed E-state index contributed by atoms with van der Waals surface area (Å²) in [6.45, 7) is 0. The molecule has 1 aliphatic heterocycles. The van der Waals surface area contributed by atoms with Gasteiger partial charge >= 0.3 is 0 Å². The number of non-ortho nitro benzene ring substituents is 1. The molecule has 0 saturated heterocycles. The van der Waals surface area contributed by atoms with Gasteiger partial charge in [0.2, 0.25) is 0 Å². The lowest BCUT2D eigenvalue weighted by molar-refractivity contribution is -0.384. The maximum atomic E-state index is 10.8. The summed E-state index contributed by atoms with van der Waals surface area (Å²) in [6, 6.07) is 24.0. The van der Waals surface area contributed by atoms with Crippen LogP contribution in [0.1, 0.15) is 29.8 Å². The van der Waals surface area contributed by atoms with Crippen molar-refractivity contribution >= 4 is 5.69 Å². The topological polar surface area (TPSA) is 61.6 Å². The highest BCUT2D eigenvalue weighted by molar-refractivity contribution is 5.41. The highest BCUT2D eigenvalue weighted by Gasteiger charge is 2.30. The fourth-order valence-corrected chi connectivity index (χ4v) is 3.17. The second-order valence-corrected chi connectivity index (χ2v) is 6.15. The quantitative estimate of drug-likeness (QED) is 0.478. The van der Waals surface area contributed by atoms with Crippen LogP contribution in [-0.4, -0.2) is 4.92 Å². The second-order valence-electron chi connectivity index (χ2n) is 6.15. The lowest BCUT2D eigenvalue weighted by atomic mass is 9.95. The molecular weight excluding hydrogens is 330 g/mol. The van der Waals surface area contributed by atoms with Crippen LogP contribution in [0.25, 0.3) is 0 Å². The molecule has 1 aliphatic rings. The van der Waals surface area contributed by atoms with Gasteiger partial charge < -0.3 is 9.47 Å². The predicted molar refractivity (Wildman–Crippen MR) is 97.3 cm³/mol. The molecule has 0 bridgehead atoms. The Kier molecular flexibility index (Phi) is 4.27. The van der Waals surface area contributed by atoms with E-state index in [9.17, 15) is 10.1 Å². The molecule has 5 heteroatoms. The van der Waals surface area contributed by atoms with Gasteiger partial charge in [-0.25, -0.2) is 0 Å². The first-order chi connectivity index (χ1) is 12.7. The van der Waals surface area contributed by atoms with E-state index < -0.39 is 4.92 Å². The minimum Gasteiger partial charge on any atom is -0.485 e. The Balaban J connectivity index is 1.62. The first kappa shape index (κ1) is 16.1. The van der Waals surface area contributed by atoms with Gasteiger partial charge in [0.15, 0.2) is 0 Å². The molecule has 2 atom stereocenters. The van der Waals surface area contributed by atoms with Crippen LogP contribution in [0, 0.1) is 10.1 Å². The minimum atomic E-state index is -0.418. The predicted octanol–water partition coefficient (Wildman–Crippen LogP) is 5.24. The molecule has 0 unspecified atom stereocenters. The van der Waals surface area contributed by atoms with Gasteiger partial charge in [0.25, 0.3) is 5.69 Å². The van der Waals surface area contributed by atoms with Gasteiger partial charge in [-0.05, 0) is 23.8 Å². The van der Waals surface area contributed by atoms with Crippen LogP contribution in [0.15, 0.2) is 78.9 Å². The number of nitro groups is 1. The molecule has 26 heavy (non-hydrogen) atoms. The molecule has 0 radical (unpaired) electrons. The third-order valence-electron chi connectivity index (χ3n) is 4.46. The summed E-state index contributed by atoms with van der Waals surface area (Å²) in [5.74, 6) is 1.41. The van der Waals surface area contributed by atoms with Gasteiger partial charge in [-0.15, -0.1) is 0 Å². The number of para-hydroxylation sites is 1. The summed E-state index contributed by atoms with van der Waals surface area (Å²) in [5, 5.41) is 10.8. The van der Waals surface area contributed by atoms with Gasteiger partial charge in [0.1, 0.15) is 23.7 Å². The summed E-state index contributed by atoms with van der Waals surface area (Å²) in [5.41, 5.74) is 2.13. The van der Waals surface area contributed by atoms with Crippen molar-refractivity contribution in [3.8, 4) is 11.5 Å².